The van der Waals surface area contributed by atoms with E-state index in [1.54, 1.807) is 0 Å². The van der Waals surface area contributed by atoms with Crippen molar-refractivity contribution in [1.82, 2.24) is 9.71 Å². The van der Waals surface area contributed by atoms with Crippen LogP contribution in [0, 0.1) is 5.41 Å². The third kappa shape index (κ3) is 3.44. The van der Waals surface area contributed by atoms with Crippen molar-refractivity contribution in [2.45, 2.75) is 49.8 Å². The number of nitrogens with one attached hydrogen (secondary N) is 1. The Morgan fingerprint density at radius 2 is 2.06 bits per heavy atom. The first-order chi connectivity index (χ1) is 8.28. The quantitative estimate of drug-likeness (QED) is 0.933. The molecule has 0 atom stereocenters. The molecule has 1 aliphatic rings. The van der Waals surface area contributed by atoms with Gasteiger partial charge in [0.1, 0.15) is 0 Å². The van der Waals surface area contributed by atoms with Crippen molar-refractivity contribution in [2.75, 3.05) is 0 Å². The summed E-state index contributed by atoms with van der Waals surface area (Å²) in [7, 11) is -3.45. The minimum Gasteiger partial charge on any atom is -0.232 e. The molecule has 1 aromatic rings. The summed E-state index contributed by atoms with van der Waals surface area (Å²) in [6.45, 7) is 4.45. The van der Waals surface area contributed by atoms with Gasteiger partial charge in [-0.05, 0) is 31.1 Å². The van der Waals surface area contributed by atoms with Crippen LogP contribution >= 0.6 is 22.9 Å². The average Bonchev–Trinajstić information content (AvgIpc) is 2.69. The third-order valence-corrected chi connectivity index (χ3v) is 6.48. The predicted molar refractivity (Wildman–Crippen MR) is 73.5 cm³/mol. The highest BCUT2D eigenvalue weighted by Crippen LogP contribution is 2.35. The highest BCUT2D eigenvalue weighted by Gasteiger charge is 2.30. The predicted octanol–water partition coefficient (Wildman–Crippen LogP) is 3.04. The van der Waals surface area contributed by atoms with Gasteiger partial charge in [0, 0.05) is 6.04 Å². The van der Waals surface area contributed by atoms with Crippen LogP contribution in [0.25, 0.3) is 0 Å². The van der Waals surface area contributed by atoms with Gasteiger partial charge in [-0.1, -0.05) is 36.8 Å². The lowest BCUT2D eigenvalue weighted by Gasteiger charge is -2.34. The average molecular weight is 309 g/mol. The van der Waals surface area contributed by atoms with Crippen molar-refractivity contribution >= 4 is 33.0 Å². The molecule has 0 spiro atoms. The molecule has 0 amide bonds. The van der Waals surface area contributed by atoms with Gasteiger partial charge in [-0.15, -0.1) is 0 Å². The summed E-state index contributed by atoms with van der Waals surface area (Å²) < 4.78 is 27.3. The lowest BCUT2D eigenvalue weighted by atomic mass is 9.76. The second kappa shape index (κ2) is 5.07. The Kier molecular flexibility index (Phi) is 4.02. The molecule has 1 saturated carbocycles. The number of thiazole rings is 1. The zero-order valence-electron chi connectivity index (χ0n) is 10.4. The standard InChI is InChI=1S/C11H17ClN2O2S2/c1-11(2)5-3-8(4-6-11)14-18(15,16)9-7-13-10(12)17-9/h7-8,14H,3-6H2,1-2H3. The zero-order valence-corrected chi connectivity index (χ0v) is 12.8. The van der Waals surface area contributed by atoms with Crippen molar-refractivity contribution in [3.8, 4) is 0 Å². The van der Waals surface area contributed by atoms with Crippen molar-refractivity contribution in [3.63, 3.8) is 0 Å². The molecule has 0 unspecified atom stereocenters. The summed E-state index contributed by atoms with van der Waals surface area (Å²) in [5, 5.41) is 0. The fourth-order valence-corrected chi connectivity index (χ4v) is 4.77. The molecule has 0 bridgehead atoms. The van der Waals surface area contributed by atoms with Gasteiger partial charge in [0.25, 0.3) is 10.0 Å². The van der Waals surface area contributed by atoms with Gasteiger partial charge in [0.05, 0.1) is 6.20 Å². The molecule has 18 heavy (non-hydrogen) atoms. The number of aromatic nitrogens is 1. The smallest absolute Gasteiger partial charge is 0.232 e. The first-order valence-corrected chi connectivity index (χ1v) is 8.60. The van der Waals surface area contributed by atoms with E-state index >= 15 is 0 Å². The van der Waals surface area contributed by atoms with Crippen molar-refractivity contribution in [3.05, 3.63) is 10.7 Å². The third-order valence-electron chi connectivity index (χ3n) is 3.38. The molecule has 1 aromatic heterocycles. The summed E-state index contributed by atoms with van der Waals surface area (Å²) in [5.41, 5.74) is 0.329. The molecular weight excluding hydrogens is 292 g/mol. The number of hydrogen-bond acceptors (Lipinski definition) is 4. The van der Waals surface area contributed by atoms with E-state index in [-0.39, 0.29) is 14.7 Å². The van der Waals surface area contributed by atoms with Crippen LogP contribution in [0.4, 0.5) is 0 Å². The Bertz CT molecular complexity index is 515. The summed E-state index contributed by atoms with van der Waals surface area (Å²) in [6.07, 6.45) is 5.17. The van der Waals surface area contributed by atoms with Gasteiger partial charge in [0.2, 0.25) is 0 Å². The molecule has 102 valence electrons. The van der Waals surface area contributed by atoms with Gasteiger partial charge in [-0.25, -0.2) is 18.1 Å². The van der Waals surface area contributed by atoms with Crippen molar-refractivity contribution in [1.29, 1.82) is 0 Å². The molecule has 1 heterocycles. The summed E-state index contributed by atoms with van der Waals surface area (Å²) in [4.78, 5) is 3.76. The molecule has 2 rings (SSSR count). The van der Waals surface area contributed by atoms with Crippen molar-refractivity contribution < 1.29 is 8.42 Å². The maximum Gasteiger partial charge on any atom is 0.251 e. The fourth-order valence-electron chi connectivity index (χ4n) is 2.16. The van der Waals surface area contributed by atoms with Gasteiger partial charge in [0.15, 0.2) is 8.68 Å². The molecule has 0 radical (unpaired) electrons. The van der Waals surface area contributed by atoms with Crippen LogP contribution in [0.5, 0.6) is 0 Å². The SMILES string of the molecule is CC1(C)CCC(NS(=O)(=O)c2cnc(Cl)s2)CC1. The van der Waals surface area contributed by atoms with E-state index in [1.807, 2.05) is 0 Å². The van der Waals surface area contributed by atoms with Crippen LogP contribution < -0.4 is 4.72 Å². The number of nitrogens with zero attached hydrogens (tertiary/aromatic N) is 1. The van der Waals surface area contributed by atoms with E-state index in [1.165, 1.54) is 6.20 Å². The van der Waals surface area contributed by atoms with Gasteiger partial charge in [-0.3, -0.25) is 0 Å². The topological polar surface area (TPSA) is 59.1 Å². The van der Waals surface area contributed by atoms with Gasteiger partial charge >= 0.3 is 0 Å². The largest absolute Gasteiger partial charge is 0.251 e. The number of hydrogen-bond donors (Lipinski definition) is 1. The second-order valence-electron chi connectivity index (χ2n) is 5.49. The van der Waals surface area contributed by atoms with Gasteiger partial charge < -0.3 is 0 Å². The zero-order chi connectivity index (χ0) is 13.4. The van der Waals surface area contributed by atoms with E-state index in [4.69, 9.17) is 11.6 Å². The van der Waals surface area contributed by atoms with Crippen LogP contribution in [0.15, 0.2) is 10.4 Å². The highest BCUT2D eigenvalue weighted by atomic mass is 35.5. The molecule has 0 aliphatic heterocycles. The Labute approximate surface area is 117 Å². The fraction of sp³-hybridized carbons (Fsp3) is 0.727. The van der Waals surface area contributed by atoms with E-state index in [9.17, 15) is 8.42 Å². The minimum atomic E-state index is -3.45. The molecular formula is C11H17ClN2O2S2. The molecule has 7 heteroatoms. The van der Waals surface area contributed by atoms with E-state index in [2.05, 4.69) is 23.6 Å². The highest BCUT2D eigenvalue weighted by molar-refractivity contribution is 7.91. The Balaban J connectivity index is 2.02. The maximum atomic E-state index is 12.1. The van der Waals surface area contributed by atoms with Crippen LogP contribution in [-0.4, -0.2) is 19.4 Å². The molecule has 0 aromatic carbocycles. The Morgan fingerprint density at radius 3 is 2.56 bits per heavy atom. The molecule has 0 saturated heterocycles. The Hall–Kier alpha value is -0.170. The number of sulfonamides is 1. The summed E-state index contributed by atoms with van der Waals surface area (Å²) in [5.74, 6) is 0. The van der Waals surface area contributed by atoms with Gasteiger partial charge in [-0.2, -0.15) is 0 Å². The van der Waals surface area contributed by atoms with Crippen LogP contribution in [-0.2, 0) is 10.0 Å². The van der Waals surface area contributed by atoms with Crippen LogP contribution in [0.1, 0.15) is 39.5 Å². The number of rotatable bonds is 3. The van der Waals surface area contributed by atoms with E-state index in [0.29, 0.717) is 5.41 Å². The van der Waals surface area contributed by atoms with E-state index < -0.39 is 10.0 Å². The molecule has 4 nitrogen and oxygen atoms in total. The Morgan fingerprint density at radius 1 is 1.44 bits per heavy atom. The van der Waals surface area contributed by atoms with Crippen LogP contribution in [0.2, 0.25) is 4.47 Å². The summed E-state index contributed by atoms with van der Waals surface area (Å²) >= 11 is 6.65. The lowest BCUT2D eigenvalue weighted by molar-refractivity contribution is 0.218. The normalized spacial score (nSPS) is 21.1. The second-order valence-corrected chi connectivity index (χ2v) is 9.05. The summed E-state index contributed by atoms with van der Waals surface area (Å²) in [6, 6.07) is 0.0314. The maximum absolute atomic E-state index is 12.1. The molecule has 1 aliphatic carbocycles. The van der Waals surface area contributed by atoms with Crippen molar-refractivity contribution in [2.24, 2.45) is 5.41 Å². The first kappa shape index (κ1) is 14.2. The lowest BCUT2D eigenvalue weighted by Crippen LogP contribution is -2.38. The number of halogens is 1. The molecule has 1 N–H and O–H groups in total. The monoisotopic (exact) mass is 308 g/mol. The minimum absolute atomic E-state index is 0.0314. The molecule has 1 fully saturated rings. The van der Waals surface area contributed by atoms with E-state index in [0.717, 1.165) is 37.0 Å². The first-order valence-electron chi connectivity index (χ1n) is 5.92. The van der Waals surface area contributed by atoms with Crippen LogP contribution in [0.3, 0.4) is 0 Å².